The van der Waals surface area contributed by atoms with Gasteiger partial charge in [-0.25, -0.2) is 4.79 Å². The Labute approximate surface area is 172 Å². The Hall–Kier alpha value is -2.29. The number of benzene rings is 2. The molecule has 9 heteroatoms. The minimum absolute atomic E-state index is 0.0718. The van der Waals surface area contributed by atoms with Gasteiger partial charge in [-0.15, -0.1) is 0 Å². The van der Waals surface area contributed by atoms with Gasteiger partial charge in [0, 0.05) is 0 Å². The predicted octanol–water partition coefficient (Wildman–Crippen LogP) is 4.47. The summed E-state index contributed by atoms with van der Waals surface area (Å²) in [6.07, 6.45) is 1.62. The second kappa shape index (κ2) is 8.16. The molecule has 1 aliphatic rings. The second-order valence-corrected chi connectivity index (χ2v) is 7.61. The molecule has 0 atom stereocenters. The van der Waals surface area contributed by atoms with Gasteiger partial charge in [0.05, 0.1) is 27.1 Å². The van der Waals surface area contributed by atoms with Gasteiger partial charge >= 0.3 is 5.97 Å². The van der Waals surface area contributed by atoms with Crippen molar-refractivity contribution >= 4 is 62.4 Å². The minimum Gasteiger partial charge on any atom is -0.493 e. The van der Waals surface area contributed by atoms with Crippen molar-refractivity contribution in [2.45, 2.75) is 0 Å². The molecule has 2 N–H and O–H groups in total. The molecule has 2 aromatic carbocycles. The topological polar surface area (TPSA) is 88.5 Å². The molecule has 0 radical (unpaired) electrons. The lowest BCUT2D eigenvalue weighted by Gasteiger charge is -2.13. The Kier molecular flexibility index (Phi) is 5.88. The number of nitrogens with one attached hydrogen (secondary N) is 2. The molecule has 27 heavy (non-hydrogen) atoms. The molecule has 6 nitrogen and oxygen atoms in total. The molecule has 138 valence electrons. The molecule has 1 saturated heterocycles. The van der Waals surface area contributed by atoms with E-state index in [-0.39, 0.29) is 27.4 Å². The zero-order valence-electron chi connectivity index (χ0n) is 13.8. The molecular formula is C18H12BrClN2O4S. The number of hydrogen-bond donors (Lipinski definition) is 2. The summed E-state index contributed by atoms with van der Waals surface area (Å²) in [6, 6.07) is 9.88. The maximum atomic E-state index is 12.4. The van der Waals surface area contributed by atoms with Crippen LogP contribution in [0.5, 0.6) is 11.5 Å². The number of rotatable bonds is 4. The zero-order valence-corrected chi connectivity index (χ0v) is 17.0. The number of thioether (sulfide) groups is 1. The second-order valence-electron chi connectivity index (χ2n) is 5.30. The van der Waals surface area contributed by atoms with E-state index in [0.29, 0.717) is 20.7 Å². The molecule has 0 bridgehead atoms. The Morgan fingerprint density at radius 3 is 2.70 bits per heavy atom. The standard InChI is InChI=1S/C18H12BrClN2O4S/c1-25-13-7-9(8-14-16(23)22-18(21)27-14)6-11(19)15(13)26-17(24)10-4-2-3-5-12(10)20/h2-8H,1H3,(H2,21,22,23). The summed E-state index contributed by atoms with van der Waals surface area (Å²) in [5.74, 6) is -0.463. The number of methoxy groups -OCH3 is 1. The molecule has 2 aromatic rings. The fraction of sp³-hybridized carbons (Fsp3) is 0.0556. The highest BCUT2D eigenvalue weighted by Crippen LogP contribution is 2.38. The van der Waals surface area contributed by atoms with Crippen LogP contribution in [-0.2, 0) is 4.79 Å². The van der Waals surface area contributed by atoms with E-state index in [4.69, 9.17) is 26.5 Å². The minimum atomic E-state index is -0.620. The van der Waals surface area contributed by atoms with Gasteiger partial charge in [0.2, 0.25) is 0 Å². The highest BCUT2D eigenvalue weighted by molar-refractivity contribution is 9.10. The van der Waals surface area contributed by atoms with Gasteiger partial charge < -0.3 is 14.8 Å². The third-order valence-electron chi connectivity index (χ3n) is 3.50. The van der Waals surface area contributed by atoms with Crippen molar-refractivity contribution in [3.8, 4) is 11.5 Å². The third-order valence-corrected chi connectivity index (χ3v) is 5.25. The number of amidine groups is 1. The van der Waals surface area contributed by atoms with Gasteiger partial charge in [0.25, 0.3) is 5.91 Å². The lowest BCUT2D eigenvalue weighted by Crippen LogP contribution is -2.18. The Morgan fingerprint density at radius 2 is 2.07 bits per heavy atom. The van der Waals surface area contributed by atoms with E-state index in [2.05, 4.69) is 21.2 Å². The lowest BCUT2D eigenvalue weighted by atomic mass is 10.1. The summed E-state index contributed by atoms with van der Waals surface area (Å²) in [5, 5.41) is 10.3. The Balaban J connectivity index is 1.92. The van der Waals surface area contributed by atoms with Crippen molar-refractivity contribution < 1.29 is 19.1 Å². The fourth-order valence-corrected chi connectivity index (χ4v) is 3.75. The van der Waals surface area contributed by atoms with Crippen molar-refractivity contribution in [2.75, 3.05) is 7.11 Å². The van der Waals surface area contributed by atoms with Gasteiger partial charge in [-0.2, -0.15) is 0 Å². The first kappa shape index (κ1) is 19.5. The van der Waals surface area contributed by atoms with E-state index in [1.54, 1.807) is 42.5 Å². The zero-order chi connectivity index (χ0) is 19.6. The summed E-state index contributed by atoms with van der Waals surface area (Å²) in [5.41, 5.74) is 0.875. The van der Waals surface area contributed by atoms with Gasteiger partial charge in [0.1, 0.15) is 0 Å². The van der Waals surface area contributed by atoms with Crippen molar-refractivity contribution in [1.82, 2.24) is 5.32 Å². The van der Waals surface area contributed by atoms with E-state index in [9.17, 15) is 9.59 Å². The normalized spacial score (nSPS) is 15.0. The van der Waals surface area contributed by atoms with Crippen LogP contribution in [0.1, 0.15) is 15.9 Å². The van der Waals surface area contributed by atoms with E-state index < -0.39 is 5.97 Å². The number of carbonyl (C=O) groups is 2. The number of carbonyl (C=O) groups excluding carboxylic acids is 2. The highest BCUT2D eigenvalue weighted by Gasteiger charge is 2.23. The quantitative estimate of drug-likeness (QED) is 0.393. The SMILES string of the molecule is COc1cc(C=C2SC(=N)NC2=O)cc(Br)c1OC(=O)c1ccccc1Cl. The van der Waals surface area contributed by atoms with E-state index in [1.165, 1.54) is 7.11 Å². The predicted molar refractivity (Wildman–Crippen MR) is 109 cm³/mol. The van der Waals surface area contributed by atoms with E-state index in [0.717, 1.165) is 11.8 Å². The van der Waals surface area contributed by atoms with Crippen molar-refractivity contribution in [1.29, 1.82) is 5.41 Å². The van der Waals surface area contributed by atoms with Crippen molar-refractivity contribution in [3.05, 3.63) is 61.9 Å². The van der Waals surface area contributed by atoms with E-state index >= 15 is 0 Å². The average molecular weight is 468 g/mol. The lowest BCUT2D eigenvalue weighted by molar-refractivity contribution is -0.115. The smallest absolute Gasteiger partial charge is 0.345 e. The van der Waals surface area contributed by atoms with Gasteiger partial charge in [-0.05, 0) is 63.6 Å². The fourth-order valence-electron chi connectivity index (χ4n) is 2.29. The molecule has 1 amide bonds. The monoisotopic (exact) mass is 466 g/mol. The van der Waals surface area contributed by atoms with Crippen LogP contribution >= 0.6 is 39.3 Å². The molecule has 0 aromatic heterocycles. The Morgan fingerprint density at radius 1 is 1.33 bits per heavy atom. The maximum absolute atomic E-state index is 12.4. The molecule has 3 rings (SSSR count). The number of amides is 1. The highest BCUT2D eigenvalue weighted by atomic mass is 79.9. The number of hydrogen-bond acceptors (Lipinski definition) is 6. The van der Waals surface area contributed by atoms with Crippen LogP contribution in [0.4, 0.5) is 0 Å². The first-order chi connectivity index (χ1) is 12.9. The van der Waals surface area contributed by atoms with Crippen LogP contribution in [0.3, 0.4) is 0 Å². The average Bonchev–Trinajstić information content (AvgIpc) is 2.94. The van der Waals surface area contributed by atoms with Gasteiger partial charge in [-0.3, -0.25) is 10.2 Å². The molecule has 0 unspecified atom stereocenters. The van der Waals surface area contributed by atoms with Gasteiger partial charge in [-0.1, -0.05) is 23.7 Å². The first-order valence-electron chi connectivity index (χ1n) is 7.52. The van der Waals surface area contributed by atoms with Crippen LogP contribution in [-0.4, -0.2) is 24.2 Å². The summed E-state index contributed by atoms with van der Waals surface area (Å²) >= 11 is 10.4. The first-order valence-corrected chi connectivity index (χ1v) is 9.51. The van der Waals surface area contributed by atoms with Gasteiger partial charge in [0.15, 0.2) is 16.7 Å². The van der Waals surface area contributed by atoms with Crippen LogP contribution in [0.15, 0.2) is 45.8 Å². The van der Waals surface area contributed by atoms with Crippen LogP contribution in [0.2, 0.25) is 5.02 Å². The summed E-state index contributed by atoms with van der Waals surface area (Å²) < 4.78 is 11.3. The Bertz CT molecular complexity index is 993. The molecule has 0 saturated carbocycles. The number of ether oxygens (including phenoxy) is 2. The number of halogens is 2. The molecule has 1 fully saturated rings. The summed E-state index contributed by atoms with van der Waals surface area (Å²) in [7, 11) is 1.44. The van der Waals surface area contributed by atoms with Crippen molar-refractivity contribution in [3.63, 3.8) is 0 Å². The molecule has 0 spiro atoms. The largest absolute Gasteiger partial charge is 0.493 e. The number of esters is 1. The van der Waals surface area contributed by atoms with Crippen molar-refractivity contribution in [2.24, 2.45) is 0 Å². The summed E-state index contributed by atoms with van der Waals surface area (Å²) in [6.45, 7) is 0. The maximum Gasteiger partial charge on any atom is 0.345 e. The molecule has 1 aliphatic heterocycles. The van der Waals surface area contributed by atoms with E-state index in [1.807, 2.05) is 0 Å². The molecular weight excluding hydrogens is 456 g/mol. The summed E-state index contributed by atoms with van der Waals surface area (Å²) in [4.78, 5) is 24.6. The molecule has 0 aliphatic carbocycles. The molecule has 1 heterocycles. The van der Waals surface area contributed by atoms with Crippen LogP contribution in [0.25, 0.3) is 6.08 Å². The van der Waals surface area contributed by atoms with Crippen LogP contribution in [0, 0.1) is 5.41 Å². The third kappa shape index (κ3) is 4.35. The van der Waals surface area contributed by atoms with Crippen LogP contribution < -0.4 is 14.8 Å².